The highest BCUT2D eigenvalue weighted by atomic mass is 14.9. The van der Waals surface area contributed by atoms with Crippen molar-refractivity contribution < 1.29 is 0 Å². The Morgan fingerprint density at radius 2 is 1.85 bits per heavy atom. The molecule has 0 spiro atoms. The average molecular weight is 178 g/mol. The van der Waals surface area contributed by atoms with Crippen LogP contribution < -0.4 is 5.32 Å². The molecule has 1 aromatic rings. The van der Waals surface area contributed by atoms with Crippen LogP contribution in [0.15, 0.2) is 24.5 Å². The van der Waals surface area contributed by atoms with Gasteiger partial charge in [0, 0.05) is 24.6 Å². The van der Waals surface area contributed by atoms with Crippen LogP contribution in [-0.2, 0) is 0 Å². The zero-order valence-corrected chi connectivity index (χ0v) is 8.62. The number of aromatic nitrogens is 1. The Morgan fingerprint density at radius 1 is 1.23 bits per heavy atom. The molecule has 2 heteroatoms. The lowest BCUT2D eigenvalue weighted by molar-refractivity contribution is 0.440. The first-order valence-electron chi connectivity index (χ1n) is 4.84. The topological polar surface area (TPSA) is 24.9 Å². The normalized spacial score (nSPS) is 12.9. The third-order valence-corrected chi connectivity index (χ3v) is 2.45. The Hall–Kier alpha value is -1.05. The molecule has 0 aromatic carbocycles. The minimum absolute atomic E-state index is 0.702. The fourth-order valence-electron chi connectivity index (χ4n) is 0.984. The van der Waals surface area contributed by atoms with E-state index in [9.17, 15) is 0 Å². The summed E-state index contributed by atoms with van der Waals surface area (Å²) in [5, 5.41) is 3.39. The van der Waals surface area contributed by atoms with E-state index >= 15 is 0 Å². The fraction of sp³-hybridized carbons (Fsp3) is 0.545. The zero-order valence-electron chi connectivity index (χ0n) is 8.62. The molecule has 1 rings (SSSR count). The summed E-state index contributed by atoms with van der Waals surface area (Å²) in [5.74, 6) is 1.43. The maximum absolute atomic E-state index is 3.97. The van der Waals surface area contributed by atoms with Crippen LogP contribution in [0.5, 0.6) is 0 Å². The Kier molecular flexibility index (Phi) is 3.74. The number of rotatable bonds is 4. The van der Waals surface area contributed by atoms with Crippen molar-refractivity contribution in [1.29, 1.82) is 0 Å². The van der Waals surface area contributed by atoms with Crippen molar-refractivity contribution in [2.75, 3.05) is 11.9 Å². The predicted molar refractivity (Wildman–Crippen MR) is 56.7 cm³/mol. The van der Waals surface area contributed by atoms with Crippen molar-refractivity contribution in [1.82, 2.24) is 4.98 Å². The predicted octanol–water partition coefficient (Wildman–Crippen LogP) is 2.79. The third kappa shape index (κ3) is 3.45. The Bertz CT molecular complexity index is 231. The first kappa shape index (κ1) is 10.0. The van der Waals surface area contributed by atoms with Gasteiger partial charge < -0.3 is 5.32 Å². The molecule has 0 bridgehead atoms. The van der Waals surface area contributed by atoms with Crippen LogP contribution in [-0.4, -0.2) is 11.5 Å². The van der Waals surface area contributed by atoms with Crippen molar-refractivity contribution in [3.05, 3.63) is 24.5 Å². The van der Waals surface area contributed by atoms with Gasteiger partial charge in [-0.25, -0.2) is 0 Å². The Morgan fingerprint density at radius 3 is 2.38 bits per heavy atom. The molecule has 1 N–H and O–H groups in total. The lowest BCUT2D eigenvalue weighted by atomic mass is 9.98. The SMILES string of the molecule is CC(C)C(C)CNc1ccncc1. The van der Waals surface area contributed by atoms with Crippen LogP contribution in [0.4, 0.5) is 5.69 Å². The zero-order chi connectivity index (χ0) is 9.68. The molecule has 0 aliphatic rings. The van der Waals surface area contributed by atoms with E-state index in [-0.39, 0.29) is 0 Å². The van der Waals surface area contributed by atoms with Crippen molar-refractivity contribution in [3.63, 3.8) is 0 Å². The van der Waals surface area contributed by atoms with Crippen LogP contribution in [0, 0.1) is 11.8 Å². The second-order valence-corrected chi connectivity index (χ2v) is 3.84. The molecule has 0 aliphatic heterocycles. The van der Waals surface area contributed by atoms with Gasteiger partial charge in [-0.1, -0.05) is 20.8 Å². The van der Waals surface area contributed by atoms with Crippen molar-refractivity contribution in [2.24, 2.45) is 11.8 Å². The number of hydrogen-bond donors (Lipinski definition) is 1. The van der Waals surface area contributed by atoms with E-state index in [0.717, 1.165) is 18.2 Å². The van der Waals surface area contributed by atoms with Crippen LogP contribution in [0.1, 0.15) is 20.8 Å². The average Bonchev–Trinajstić information content (AvgIpc) is 2.15. The molecule has 0 amide bonds. The fourth-order valence-corrected chi connectivity index (χ4v) is 0.984. The van der Waals surface area contributed by atoms with E-state index in [4.69, 9.17) is 0 Å². The lowest BCUT2D eigenvalue weighted by Gasteiger charge is -2.16. The van der Waals surface area contributed by atoms with Crippen LogP contribution >= 0.6 is 0 Å². The highest BCUT2D eigenvalue weighted by Crippen LogP contribution is 2.11. The summed E-state index contributed by atoms with van der Waals surface area (Å²) in [6.45, 7) is 7.79. The van der Waals surface area contributed by atoms with Gasteiger partial charge in [-0.05, 0) is 24.0 Å². The van der Waals surface area contributed by atoms with Gasteiger partial charge in [0.25, 0.3) is 0 Å². The van der Waals surface area contributed by atoms with Crippen molar-refractivity contribution >= 4 is 5.69 Å². The van der Waals surface area contributed by atoms with Gasteiger partial charge in [0.2, 0.25) is 0 Å². The molecule has 1 atom stereocenters. The number of hydrogen-bond acceptors (Lipinski definition) is 2. The summed E-state index contributed by atoms with van der Waals surface area (Å²) >= 11 is 0. The van der Waals surface area contributed by atoms with E-state index in [1.165, 1.54) is 0 Å². The van der Waals surface area contributed by atoms with Gasteiger partial charge in [-0.2, -0.15) is 0 Å². The maximum Gasteiger partial charge on any atom is 0.0371 e. The maximum atomic E-state index is 3.97. The number of nitrogens with one attached hydrogen (secondary N) is 1. The molecule has 0 saturated carbocycles. The molecule has 0 radical (unpaired) electrons. The van der Waals surface area contributed by atoms with E-state index < -0.39 is 0 Å². The molecule has 13 heavy (non-hydrogen) atoms. The molecule has 0 saturated heterocycles. The second-order valence-electron chi connectivity index (χ2n) is 3.84. The summed E-state index contributed by atoms with van der Waals surface area (Å²) in [5.41, 5.74) is 1.16. The van der Waals surface area contributed by atoms with Gasteiger partial charge >= 0.3 is 0 Å². The molecule has 0 aliphatic carbocycles. The van der Waals surface area contributed by atoms with Gasteiger partial charge in [-0.15, -0.1) is 0 Å². The van der Waals surface area contributed by atoms with E-state index in [1.54, 1.807) is 0 Å². The van der Waals surface area contributed by atoms with Crippen LogP contribution in [0.3, 0.4) is 0 Å². The number of anilines is 1. The minimum atomic E-state index is 0.702. The Labute approximate surface area is 80.4 Å². The van der Waals surface area contributed by atoms with Gasteiger partial charge in [0.15, 0.2) is 0 Å². The second kappa shape index (κ2) is 4.85. The summed E-state index contributed by atoms with van der Waals surface area (Å²) in [6.07, 6.45) is 3.62. The molecule has 2 nitrogen and oxygen atoms in total. The Balaban J connectivity index is 2.35. The largest absolute Gasteiger partial charge is 0.385 e. The lowest BCUT2D eigenvalue weighted by Crippen LogP contribution is -2.16. The van der Waals surface area contributed by atoms with Crippen molar-refractivity contribution in [3.8, 4) is 0 Å². The smallest absolute Gasteiger partial charge is 0.0371 e. The minimum Gasteiger partial charge on any atom is -0.385 e. The van der Waals surface area contributed by atoms with Gasteiger partial charge in [-0.3, -0.25) is 4.98 Å². The quantitative estimate of drug-likeness (QED) is 0.766. The van der Waals surface area contributed by atoms with Crippen LogP contribution in [0.2, 0.25) is 0 Å². The highest BCUT2D eigenvalue weighted by Gasteiger charge is 2.05. The molecular weight excluding hydrogens is 160 g/mol. The van der Waals surface area contributed by atoms with Crippen LogP contribution in [0.25, 0.3) is 0 Å². The third-order valence-electron chi connectivity index (χ3n) is 2.45. The number of nitrogens with zero attached hydrogens (tertiary/aromatic N) is 1. The molecule has 1 unspecified atom stereocenters. The van der Waals surface area contributed by atoms with Gasteiger partial charge in [0.05, 0.1) is 0 Å². The first-order valence-corrected chi connectivity index (χ1v) is 4.84. The molecule has 72 valence electrons. The molecule has 1 heterocycles. The number of pyridine rings is 1. The highest BCUT2D eigenvalue weighted by molar-refractivity contribution is 5.40. The van der Waals surface area contributed by atoms with E-state index in [2.05, 4.69) is 31.1 Å². The monoisotopic (exact) mass is 178 g/mol. The molecule has 1 aromatic heterocycles. The standard InChI is InChI=1S/C11H18N2/c1-9(2)10(3)8-13-11-4-6-12-7-5-11/h4-7,9-10H,8H2,1-3H3,(H,12,13). The first-order chi connectivity index (χ1) is 6.20. The molecule has 0 fully saturated rings. The van der Waals surface area contributed by atoms with Gasteiger partial charge in [0.1, 0.15) is 0 Å². The summed E-state index contributed by atoms with van der Waals surface area (Å²) in [7, 11) is 0. The van der Waals surface area contributed by atoms with E-state index in [0.29, 0.717) is 5.92 Å². The summed E-state index contributed by atoms with van der Waals surface area (Å²) in [4.78, 5) is 3.97. The summed E-state index contributed by atoms with van der Waals surface area (Å²) in [6, 6.07) is 3.99. The summed E-state index contributed by atoms with van der Waals surface area (Å²) < 4.78 is 0. The van der Waals surface area contributed by atoms with E-state index in [1.807, 2.05) is 24.5 Å². The van der Waals surface area contributed by atoms with Crippen molar-refractivity contribution in [2.45, 2.75) is 20.8 Å². The molecular formula is C11H18N2.